The van der Waals surface area contributed by atoms with Gasteiger partial charge < -0.3 is 10.1 Å². The van der Waals surface area contributed by atoms with Crippen LogP contribution in [0, 0.1) is 0 Å². The molecular weight excluding hydrogens is 186 g/mol. The van der Waals surface area contributed by atoms with Crippen molar-refractivity contribution < 1.29 is 4.74 Å². The molecule has 2 atom stereocenters. The zero-order chi connectivity index (χ0) is 11.1. The molecule has 0 bridgehead atoms. The summed E-state index contributed by atoms with van der Waals surface area (Å²) in [6.45, 7) is 6.77. The lowest BCUT2D eigenvalue weighted by Crippen LogP contribution is -2.33. The fraction of sp³-hybridized carbons (Fsp3) is 0.538. The lowest BCUT2D eigenvalue weighted by molar-refractivity contribution is 0.392. The summed E-state index contributed by atoms with van der Waals surface area (Å²) < 4.78 is 5.43. The maximum absolute atomic E-state index is 5.43. The van der Waals surface area contributed by atoms with Crippen molar-refractivity contribution in [2.45, 2.75) is 38.6 Å². The number of hydrogen-bond donors (Lipinski definition) is 1. The van der Waals surface area contributed by atoms with Crippen LogP contribution in [0.3, 0.4) is 0 Å². The van der Waals surface area contributed by atoms with Crippen LogP contribution in [-0.2, 0) is 0 Å². The average Bonchev–Trinajstić information content (AvgIpc) is 2.52. The molecule has 1 aliphatic rings. The van der Waals surface area contributed by atoms with Crippen LogP contribution in [-0.4, -0.2) is 12.6 Å². The summed E-state index contributed by atoms with van der Waals surface area (Å²) in [5.74, 6) is 1.50. The van der Waals surface area contributed by atoms with E-state index in [0.717, 1.165) is 12.2 Å². The molecule has 1 heterocycles. The Morgan fingerprint density at radius 1 is 1.47 bits per heavy atom. The van der Waals surface area contributed by atoms with E-state index in [4.69, 9.17) is 4.74 Å². The fourth-order valence-corrected chi connectivity index (χ4v) is 2.41. The molecule has 1 aliphatic heterocycles. The predicted octanol–water partition coefficient (Wildman–Crippen LogP) is 3.39. The summed E-state index contributed by atoms with van der Waals surface area (Å²) >= 11 is 0. The summed E-state index contributed by atoms with van der Waals surface area (Å²) in [5, 5.41) is 3.60. The van der Waals surface area contributed by atoms with Gasteiger partial charge >= 0.3 is 0 Å². The van der Waals surface area contributed by atoms with Crippen molar-refractivity contribution in [3.63, 3.8) is 0 Å². The third-order valence-corrected chi connectivity index (χ3v) is 3.83. The maximum Gasteiger partial charge on any atom is 0.124 e. The van der Waals surface area contributed by atoms with Crippen molar-refractivity contribution in [1.82, 2.24) is 0 Å². The lowest BCUT2D eigenvalue weighted by Gasteiger charge is -2.28. The molecule has 1 aromatic rings. The van der Waals surface area contributed by atoms with Gasteiger partial charge in [-0.25, -0.2) is 0 Å². The van der Waals surface area contributed by atoms with Crippen LogP contribution in [0.4, 0.5) is 5.69 Å². The molecule has 0 radical (unpaired) electrons. The first-order chi connectivity index (χ1) is 7.12. The minimum atomic E-state index is 0.164. The first-order valence-corrected chi connectivity index (χ1v) is 5.57. The molecule has 2 unspecified atom stereocenters. The topological polar surface area (TPSA) is 21.3 Å². The van der Waals surface area contributed by atoms with E-state index < -0.39 is 0 Å². The number of anilines is 1. The van der Waals surface area contributed by atoms with E-state index >= 15 is 0 Å². The van der Waals surface area contributed by atoms with E-state index in [1.165, 1.54) is 11.3 Å². The highest BCUT2D eigenvalue weighted by Gasteiger charge is 2.39. The molecule has 0 spiro atoms. The van der Waals surface area contributed by atoms with Crippen LogP contribution >= 0.6 is 0 Å². The first kappa shape index (κ1) is 10.3. The zero-order valence-electron chi connectivity index (χ0n) is 9.92. The molecule has 82 valence electrons. The molecule has 0 fully saturated rings. The number of nitrogens with one attached hydrogen (secondary N) is 1. The minimum Gasteiger partial charge on any atom is -0.496 e. The number of hydrogen-bond acceptors (Lipinski definition) is 2. The van der Waals surface area contributed by atoms with Crippen LogP contribution in [0.25, 0.3) is 0 Å². The standard InChI is InChI=1S/C13H19NO/c1-5-13(3)9(2)12-10(14-13)7-6-8-11(12)15-4/h6-9,14H,5H2,1-4H3. The molecule has 15 heavy (non-hydrogen) atoms. The molecule has 1 N–H and O–H groups in total. The Bertz CT molecular complexity index is 375. The number of benzene rings is 1. The smallest absolute Gasteiger partial charge is 0.124 e. The molecule has 0 saturated heterocycles. The second kappa shape index (κ2) is 3.44. The Labute approximate surface area is 91.6 Å². The molecule has 2 rings (SSSR count). The number of methoxy groups -OCH3 is 1. The van der Waals surface area contributed by atoms with Crippen LogP contribution in [0.1, 0.15) is 38.7 Å². The monoisotopic (exact) mass is 205 g/mol. The van der Waals surface area contributed by atoms with E-state index in [0.29, 0.717) is 5.92 Å². The highest BCUT2D eigenvalue weighted by atomic mass is 16.5. The maximum atomic E-state index is 5.43. The van der Waals surface area contributed by atoms with E-state index in [9.17, 15) is 0 Å². The van der Waals surface area contributed by atoms with Crippen LogP contribution in [0.2, 0.25) is 0 Å². The molecule has 0 aliphatic carbocycles. The van der Waals surface area contributed by atoms with Gasteiger partial charge in [-0.05, 0) is 25.5 Å². The van der Waals surface area contributed by atoms with Crippen molar-refractivity contribution in [2.24, 2.45) is 0 Å². The highest BCUT2D eigenvalue weighted by molar-refractivity contribution is 5.66. The highest BCUT2D eigenvalue weighted by Crippen LogP contribution is 2.47. The van der Waals surface area contributed by atoms with Gasteiger partial charge in [0.25, 0.3) is 0 Å². The largest absolute Gasteiger partial charge is 0.496 e. The molecule has 1 aromatic carbocycles. The van der Waals surface area contributed by atoms with Gasteiger partial charge in [0.05, 0.1) is 7.11 Å². The van der Waals surface area contributed by atoms with E-state index in [-0.39, 0.29) is 5.54 Å². The molecule has 0 saturated carbocycles. The number of fused-ring (bicyclic) bond motifs is 1. The summed E-state index contributed by atoms with van der Waals surface area (Å²) in [6.07, 6.45) is 1.12. The van der Waals surface area contributed by atoms with Gasteiger partial charge in [0.15, 0.2) is 0 Å². The Hall–Kier alpha value is -1.18. The van der Waals surface area contributed by atoms with Gasteiger partial charge in [-0.15, -0.1) is 0 Å². The van der Waals surface area contributed by atoms with Crippen molar-refractivity contribution in [3.8, 4) is 5.75 Å². The normalized spacial score (nSPS) is 28.4. The predicted molar refractivity (Wildman–Crippen MR) is 63.7 cm³/mol. The Balaban J connectivity index is 2.50. The summed E-state index contributed by atoms with van der Waals surface area (Å²) in [7, 11) is 1.74. The fourth-order valence-electron chi connectivity index (χ4n) is 2.41. The lowest BCUT2D eigenvalue weighted by atomic mass is 9.83. The van der Waals surface area contributed by atoms with Crippen LogP contribution < -0.4 is 10.1 Å². The van der Waals surface area contributed by atoms with Gasteiger partial charge in [0, 0.05) is 22.7 Å². The molecule has 0 amide bonds. The van der Waals surface area contributed by atoms with Crippen LogP contribution in [0.5, 0.6) is 5.75 Å². The van der Waals surface area contributed by atoms with Crippen molar-refractivity contribution in [2.75, 3.05) is 12.4 Å². The van der Waals surface area contributed by atoms with Crippen molar-refractivity contribution in [1.29, 1.82) is 0 Å². The number of rotatable bonds is 2. The SMILES string of the molecule is CCC1(C)Nc2cccc(OC)c2C1C. The first-order valence-electron chi connectivity index (χ1n) is 5.57. The van der Waals surface area contributed by atoms with Crippen molar-refractivity contribution in [3.05, 3.63) is 23.8 Å². The Kier molecular flexibility index (Phi) is 2.37. The molecule has 2 nitrogen and oxygen atoms in total. The van der Waals surface area contributed by atoms with Gasteiger partial charge in [0.2, 0.25) is 0 Å². The quantitative estimate of drug-likeness (QED) is 0.799. The third-order valence-electron chi connectivity index (χ3n) is 3.83. The molecular formula is C13H19NO. The second-order valence-corrected chi connectivity index (χ2v) is 4.54. The van der Waals surface area contributed by atoms with Crippen molar-refractivity contribution >= 4 is 5.69 Å². The van der Waals surface area contributed by atoms with Gasteiger partial charge in [0.1, 0.15) is 5.75 Å². The van der Waals surface area contributed by atoms with E-state index in [1.807, 2.05) is 12.1 Å². The summed E-state index contributed by atoms with van der Waals surface area (Å²) in [4.78, 5) is 0. The van der Waals surface area contributed by atoms with Crippen LogP contribution in [0.15, 0.2) is 18.2 Å². The molecule has 2 heteroatoms. The van der Waals surface area contributed by atoms with E-state index in [1.54, 1.807) is 7.11 Å². The Morgan fingerprint density at radius 3 is 2.80 bits per heavy atom. The van der Waals surface area contributed by atoms with Gasteiger partial charge in [-0.2, -0.15) is 0 Å². The van der Waals surface area contributed by atoms with Gasteiger partial charge in [-0.3, -0.25) is 0 Å². The average molecular weight is 205 g/mol. The summed E-state index contributed by atoms with van der Waals surface area (Å²) in [5.41, 5.74) is 2.72. The van der Waals surface area contributed by atoms with Gasteiger partial charge in [-0.1, -0.05) is 19.9 Å². The third kappa shape index (κ3) is 1.39. The Morgan fingerprint density at radius 2 is 2.20 bits per heavy atom. The number of ether oxygens (including phenoxy) is 1. The summed E-state index contributed by atoms with van der Waals surface area (Å²) in [6, 6.07) is 6.21. The molecule has 0 aromatic heterocycles. The van der Waals surface area contributed by atoms with E-state index in [2.05, 4.69) is 32.2 Å². The zero-order valence-corrected chi connectivity index (χ0v) is 9.92. The minimum absolute atomic E-state index is 0.164. The second-order valence-electron chi connectivity index (χ2n) is 4.54.